The summed E-state index contributed by atoms with van der Waals surface area (Å²) in [5.41, 5.74) is -0.463. The van der Waals surface area contributed by atoms with E-state index < -0.39 is 7.82 Å². The number of piperidine rings is 1. The Bertz CT molecular complexity index is 349. The van der Waals surface area contributed by atoms with Crippen molar-refractivity contribution in [3.63, 3.8) is 0 Å². The Hall–Kier alpha value is -0.0100. The smallest absolute Gasteiger partial charge is 0.381 e. The second-order valence-corrected chi connectivity index (χ2v) is 7.58. The summed E-state index contributed by atoms with van der Waals surface area (Å²) >= 11 is 0. The highest BCUT2D eigenvalue weighted by molar-refractivity contribution is 7.46. The summed E-state index contributed by atoms with van der Waals surface area (Å²) < 4.78 is 20.5. The Morgan fingerprint density at radius 2 is 1.65 bits per heavy atom. The molecule has 0 aromatic heterocycles. The quantitative estimate of drug-likeness (QED) is 0.570. The lowest BCUT2D eigenvalue weighted by molar-refractivity contribution is -0.295. The number of hydroxylamine groups is 2. The highest BCUT2D eigenvalue weighted by Crippen LogP contribution is 2.40. The lowest BCUT2D eigenvalue weighted by Gasteiger charge is -2.53. The van der Waals surface area contributed by atoms with Crippen molar-refractivity contribution in [1.82, 2.24) is 5.06 Å². The Balaban J connectivity index is 2.60. The van der Waals surface area contributed by atoms with Gasteiger partial charge in [-0.2, -0.15) is 5.06 Å². The fourth-order valence-electron chi connectivity index (χ4n) is 2.97. The zero-order valence-corrected chi connectivity index (χ0v) is 13.7. The average Bonchev–Trinajstić information content (AvgIpc) is 2.23. The molecule has 1 heterocycles. The molecular weight excluding hydrogens is 285 g/mol. The molecule has 7 nitrogen and oxygen atoms in total. The monoisotopic (exact) mass is 311 g/mol. The van der Waals surface area contributed by atoms with E-state index >= 15 is 0 Å². The largest absolute Gasteiger partial charge is 0.469 e. The predicted molar refractivity (Wildman–Crippen MR) is 74.0 cm³/mol. The Labute approximate surface area is 120 Å². The molecule has 0 aliphatic carbocycles. The summed E-state index contributed by atoms with van der Waals surface area (Å²) in [4.78, 5) is 23.0. The normalized spacial score (nSPS) is 23.9. The lowest BCUT2D eigenvalue weighted by atomic mass is 9.80. The van der Waals surface area contributed by atoms with E-state index in [9.17, 15) is 4.57 Å². The Morgan fingerprint density at radius 3 is 2.05 bits per heavy atom. The molecular formula is C12H26NO6P. The topological polar surface area (TPSA) is 88.5 Å². The second kappa shape index (κ2) is 6.40. The number of phosphoric ester groups is 1. The van der Waals surface area contributed by atoms with Crippen LogP contribution in [0.15, 0.2) is 0 Å². The molecule has 1 saturated heterocycles. The van der Waals surface area contributed by atoms with E-state index in [0.29, 0.717) is 0 Å². The van der Waals surface area contributed by atoms with Crippen molar-refractivity contribution in [2.24, 2.45) is 0 Å². The maximum atomic E-state index is 10.6. The molecule has 0 atom stereocenters. The fraction of sp³-hybridized carbons (Fsp3) is 1.00. The number of ether oxygens (including phenoxy) is 1. The molecule has 0 radical (unpaired) electrons. The van der Waals surface area contributed by atoms with Crippen LogP contribution in [0.5, 0.6) is 0 Å². The van der Waals surface area contributed by atoms with Gasteiger partial charge in [0.25, 0.3) is 0 Å². The van der Waals surface area contributed by atoms with E-state index in [2.05, 4.69) is 32.2 Å². The lowest BCUT2D eigenvalue weighted by Crippen LogP contribution is -2.61. The van der Waals surface area contributed by atoms with Crippen LogP contribution in [0.4, 0.5) is 0 Å². The summed E-state index contributed by atoms with van der Waals surface area (Å²) in [5.74, 6) is 0. The molecule has 0 bridgehead atoms. The molecule has 0 aromatic carbocycles. The molecule has 1 rings (SSSR count). The SMILES string of the molecule is COC1CC(C)(C)N(OCCOP(=O)(O)O)C(C)(C)C1. The van der Waals surface area contributed by atoms with E-state index in [1.807, 2.05) is 5.06 Å². The molecule has 1 aliphatic rings. The van der Waals surface area contributed by atoms with Crippen molar-refractivity contribution >= 4 is 7.82 Å². The van der Waals surface area contributed by atoms with Gasteiger partial charge in [-0.3, -0.25) is 9.36 Å². The van der Waals surface area contributed by atoms with Gasteiger partial charge in [-0.05, 0) is 40.5 Å². The molecule has 8 heteroatoms. The van der Waals surface area contributed by atoms with E-state index in [0.717, 1.165) is 12.8 Å². The number of hydrogen-bond donors (Lipinski definition) is 2. The third-order valence-corrected chi connectivity index (χ3v) is 3.97. The summed E-state index contributed by atoms with van der Waals surface area (Å²) in [6.07, 6.45) is 1.82. The van der Waals surface area contributed by atoms with Crippen molar-refractivity contribution < 1.29 is 28.5 Å². The molecule has 0 saturated carbocycles. The van der Waals surface area contributed by atoms with Crippen LogP contribution in [0.3, 0.4) is 0 Å². The van der Waals surface area contributed by atoms with Gasteiger partial charge in [-0.25, -0.2) is 4.57 Å². The highest BCUT2D eigenvalue weighted by Gasteiger charge is 2.46. The van der Waals surface area contributed by atoms with Gasteiger partial charge in [0.1, 0.15) is 0 Å². The molecule has 1 aliphatic heterocycles. The third kappa shape index (κ3) is 5.07. The minimum atomic E-state index is -4.43. The molecule has 0 unspecified atom stereocenters. The first-order valence-electron chi connectivity index (χ1n) is 6.64. The van der Waals surface area contributed by atoms with Crippen LogP contribution in [0.25, 0.3) is 0 Å². The van der Waals surface area contributed by atoms with E-state index in [-0.39, 0.29) is 30.4 Å². The van der Waals surface area contributed by atoms with Crippen molar-refractivity contribution in [2.45, 2.75) is 57.7 Å². The minimum absolute atomic E-state index is 0.0929. The zero-order chi connectivity index (χ0) is 15.6. The maximum Gasteiger partial charge on any atom is 0.469 e. The molecule has 1 fully saturated rings. The van der Waals surface area contributed by atoms with E-state index in [1.54, 1.807) is 7.11 Å². The molecule has 120 valence electrons. The zero-order valence-electron chi connectivity index (χ0n) is 12.8. The summed E-state index contributed by atoms with van der Waals surface area (Å²) in [7, 11) is -2.72. The summed E-state index contributed by atoms with van der Waals surface area (Å²) in [5, 5.41) is 1.89. The van der Waals surface area contributed by atoms with Gasteiger partial charge in [-0.1, -0.05) is 0 Å². The molecule has 2 N–H and O–H groups in total. The third-order valence-electron chi connectivity index (χ3n) is 3.45. The van der Waals surface area contributed by atoms with Crippen molar-refractivity contribution in [2.75, 3.05) is 20.3 Å². The van der Waals surface area contributed by atoms with Gasteiger partial charge in [0.2, 0.25) is 0 Å². The first kappa shape index (κ1) is 18.0. The first-order chi connectivity index (χ1) is 8.98. The van der Waals surface area contributed by atoms with E-state index in [4.69, 9.17) is 19.4 Å². The second-order valence-electron chi connectivity index (χ2n) is 6.34. The highest BCUT2D eigenvalue weighted by atomic mass is 31.2. The van der Waals surface area contributed by atoms with E-state index in [1.165, 1.54) is 0 Å². The Morgan fingerprint density at radius 1 is 1.15 bits per heavy atom. The number of methoxy groups -OCH3 is 1. The van der Waals surface area contributed by atoms with Gasteiger partial charge in [0.05, 0.1) is 19.3 Å². The number of rotatable bonds is 6. The van der Waals surface area contributed by atoms with Crippen LogP contribution in [0.1, 0.15) is 40.5 Å². The fourth-order valence-corrected chi connectivity index (χ4v) is 3.28. The molecule has 0 aromatic rings. The van der Waals surface area contributed by atoms with Crippen LogP contribution >= 0.6 is 7.82 Å². The van der Waals surface area contributed by atoms with Gasteiger partial charge in [0.15, 0.2) is 0 Å². The Kier molecular flexibility index (Phi) is 5.77. The van der Waals surface area contributed by atoms with Crippen LogP contribution in [-0.2, 0) is 18.7 Å². The van der Waals surface area contributed by atoms with Gasteiger partial charge in [0, 0.05) is 18.2 Å². The predicted octanol–water partition coefficient (Wildman–Crippen LogP) is 1.70. The standard InChI is InChI=1S/C12H26NO6P/c1-11(2)8-10(17-5)9-12(3,4)13(11)18-6-7-19-20(14,15)16/h10H,6-9H2,1-5H3,(H2,14,15,16). The minimum Gasteiger partial charge on any atom is -0.381 e. The van der Waals surface area contributed by atoms with Crippen LogP contribution in [-0.4, -0.2) is 52.4 Å². The average molecular weight is 311 g/mol. The summed E-state index contributed by atoms with van der Waals surface area (Å²) in [6, 6.07) is 0. The first-order valence-corrected chi connectivity index (χ1v) is 8.17. The van der Waals surface area contributed by atoms with Gasteiger partial charge in [-0.15, -0.1) is 0 Å². The number of nitrogens with zero attached hydrogens (tertiary/aromatic N) is 1. The summed E-state index contributed by atoms with van der Waals surface area (Å²) in [6.45, 7) is 8.18. The van der Waals surface area contributed by atoms with Gasteiger partial charge >= 0.3 is 7.82 Å². The number of hydrogen-bond acceptors (Lipinski definition) is 5. The molecule has 20 heavy (non-hydrogen) atoms. The molecule has 0 spiro atoms. The van der Waals surface area contributed by atoms with Crippen LogP contribution in [0, 0.1) is 0 Å². The van der Waals surface area contributed by atoms with Crippen molar-refractivity contribution in [3.05, 3.63) is 0 Å². The molecule has 0 amide bonds. The maximum absolute atomic E-state index is 10.6. The van der Waals surface area contributed by atoms with Crippen LogP contribution < -0.4 is 0 Å². The van der Waals surface area contributed by atoms with Crippen LogP contribution in [0.2, 0.25) is 0 Å². The van der Waals surface area contributed by atoms with Crippen molar-refractivity contribution in [1.29, 1.82) is 0 Å². The van der Waals surface area contributed by atoms with Crippen molar-refractivity contribution in [3.8, 4) is 0 Å². The van der Waals surface area contributed by atoms with Gasteiger partial charge < -0.3 is 14.5 Å². The number of phosphoric acid groups is 1.